The molecule has 6 nitrogen and oxygen atoms in total. The number of rotatable bonds is 6. The van der Waals surface area contributed by atoms with E-state index >= 15 is 0 Å². The average molecular weight is 329 g/mol. The second-order valence-electron chi connectivity index (χ2n) is 5.49. The number of benzene rings is 2. The summed E-state index contributed by atoms with van der Waals surface area (Å²) in [4.78, 5) is 12.0. The van der Waals surface area contributed by atoms with Crippen LogP contribution in [0.25, 0.3) is 0 Å². The first-order chi connectivity index (χ1) is 11.7. The zero-order valence-electron chi connectivity index (χ0n) is 13.3. The molecule has 1 aliphatic heterocycles. The standard InChI is InChI=1S/C18H19NO5/c1-12(14-4-7-16-17(8-14)24-11-23-16)19-18(21)10-22-15-5-2-13(9-20)3-6-15/h2-8,12,20H,9-11H2,1H3,(H,19,21)/t12-/m1/s1. The van der Waals surface area contributed by atoms with Gasteiger partial charge in [0.1, 0.15) is 5.75 Å². The molecule has 3 rings (SSSR count). The van der Waals surface area contributed by atoms with Gasteiger partial charge < -0.3 is 24.6 Å². The van der Waals surface area contributed by atoms with Gasteiger partial charge in [-0.25, -0.2) is 0 Å². The average Bonchev–Trinajstić information content (AvgIpc) is 3.08. The fourth-order valence-electron chi connectivity index (χ4n) is 2.39. The molecule has 2 aromatic rings. The Labute approximate surface area is 140 Å². The van der Waals surface area contributed by atoms with Gasteiger partial charge in [-0.3, -0.25) is 4.79 Å². The Balaban J connectivity index is 1.52. The number of hydrogen-bond acceptors (Lipinski definition) is 5. The summed E-state index contributed by atoms with van der Waals surface area (Å²) in [6, 6.07) is 12.4. The molecule has 126 valence electrons. The van der Waals surface area contributed by atoms with Crippen molar-refractivity contribution in [3.8, 4) is 17.2 Å². The van der Waals surface area contributed by atoms with Crippen LogP contribution in [0.15, 0.2) is 42.5 Å². The Morgan fingerprint density at radius 1 is 1.21 bits per heavy atom. The van der Waals surface area contributed by atoms with E-state index in [0.717, 1.165) is 11.1 Å². The van der Waals surface area contributed by atoms with Gasteiger partial charge in [-0.1, -0.05) is 18.2 Å². The summed E-state index contributed by atoms with van der Waals surface area (Å²) in [5, 5.41) is 11.9. The van der Waals surface area contributed by atoms with Crippen molar-refractivity contribution in [3.05, 3.63) is 53.6 Å². The van der Waals surface area contributed by atoms with E-state index in [1.165, 1.54) is 0 Å². The van der Waals surface area contributed by atoms with Crippen molar-refractivity contribution in [1.82, 2.24) is 5.32 Å². The summed E-state index contributed by atoms with van der Waals surface area (Å²) in [6.07, 6.45) is 0. The maximum atomic E-state index is 12.0. The van der Waals surface area contributed by atoms with Gasteiger partial charge in [0.25, 0.3) is 5.91 Å². The largest absolute Gasteiger partial charge is 0.484 e. The lowest BCUT2D eigenvalue weighted by Crippen LogP contribution is -2.31. The fourth-order valence-corrected chi connectivity index (χ4v) is 2.39. The van der Waals surface area contributed by atoms with Gasteiger partial charge in [-0.15, -0.1) is 0 Å². The third kappa shape index (κ3) is 3.78. The third-order valence-electron chi connectivity index (χ3n) is 3.75. The molecule has 0 radical (unpaired) electrons. The van der Waals surface area contributed by atoms with Gasteiger partial charge in [0.2, 0.25) is 6.79 Å². The van der Waals surface area contributed by atoms with E-state index < -0.39 is 0 Å². The number of carbonyl (C=O) groups is 1. The highest BCUT2D eigenvalue weighted by molar-refractivity contribution is 5.78. The number of fused-ring (bicyclic) bond motifs is 1. The van der Waals surface area contributed by atoms with Gasteiger partial charge in [-0.05, 0) is 42.3 Å². The van der Waals surface area contributed by atoms with E-state index in [2.05, 4.69) is 5.32 Å². The molecule has 1 heterocycles. The summed E-state index contributed by atoms with van der Waals surface area (Å²) < 4.78 is 16.1. The van der Waals surface area contributed by atoms with Crippen LogP contribution in [0.2, 0.25) is 0 Å². The lowest BCUT2D eigenvalue weighted by atomic mass is 10.1. The van der Waals surface area contributed by atoms with Crippen LogP contribution < -0.4 is 19.5 Å². The molecule has 0 saturated heterocycles. The Kier molecular flexibility index (Phi) is 4.86. The fraction of sp³-hybridized carbons (Fsp3) is 0.278. The zero-order chi connectivity index (χ0) is 16.9. The molecule has 24 heavy (non-hydrogen) atoms. The summed E-state index contributed by atoms with van der Waals surface area (Å²) >= 11 is 0. The number of hydrogen-bond donors (Lipinski definition) is 2. The first kappa shape index (κ1) is 16.1. The van der Waals surface area contributed by atoms with E-state index in [1.54, 1.807) is 24.3 Å². The number of carbonyl (C=O) groups excluding carboxylic acids is 1. The predicted molar refractivity (Wildman–Crippen MR) is 87.0 cm³/mol. The molecule has 0 saturated carbocycles. The molecule has 0 unspecified atom stereocenters. The van der Waals surface area contributed by atoms with Gasteiger partial charge in [0, 0.05) is 0 Å². The maximum absolute atomic E-state index is 12.0. The van der Waals surface area contributed by atoms with Crippen molar-refractivity contribution in [2.24, 2.45) is 0 Å². The van der Waals surface area contributed by atoms with E-state index in [4.69, 9.17) is 19.3 Å². The second kappa shape index (κ2) is 7.23. The summed E-state index contributed by atoms with van der Waals surface area (Å²) in [6.45, 7) is 2.02. The lowest BCUT2D eigenvalue weighted by molar-refractivity contribution is -0.123. The number of nitrogens with one attached hydrogen (secondary N) is 1. The molecule has 0 fully saturated rings. The molecule has 2 aromatic carbocycles. The van der Waals surface area contributed by atoms with Crippen LogP contribution in [-0.2, 0) is 11.4 Å². The van der Waals surface area contributed by atoms with Crippen LogP contribution in [0.5, 0.6) is 17.2 Å². The van der Waals surface area contributed by atoms with Crippen LogP contribution in [-0.4, -0.2) is 24.4 Å². The van der Waals surface area contributed by atoms with Gasteiger partial charge in [0.05, 0.1) is 12.6 Å². The minimum absolute atomic E-state index is 0.0200. The molecule has 0 aliphatic carbocycles. The van der Waals surface area contributed by atoms with Crippen LogP contribution in [0.3, 0.4) is 0 Å². The van der Waals surface area contributed by atoms with Gasteiger partial charge >= 0.3 is 0 Å². The molecule has 0 aromatic heterocycles. The van der Waals surface area contributed by atoms with Crippen molar-refractivity contribution in [1.29, 1.82) is 0 Å². The van der Waals surface area contributed by atoms with Crippen LogP contribution in [0.1, 0.15) is 24.1 Å². The van der Waals surface area contributed by atoms with Crippen molar-refractivity contribution < 1.29 is 24.1 Å². The van der Waals surface area contributed by atoms with Gasteiger partial charge in [0.15, 0.2) is 18.1 Å². The molecule has 1 atom stereocenters. The minimum atomic E-state index is -0.216. The van der Waals surface area contributed by atoms with Crippen molar-refractivity contribution >= 4 is 5.91 Å². The van der Waals surface area contributed by atoms with Crippen LogP contribution >= 0.6 is 0 Å². The van der Waals surface area contributed by atoms with Crippen LogP contribution in [0, 0.1) is 0 Å². The molecular formula is C18H19NO5. The summed E-state index contributed by atoms with van der Waals surface area (Å²) in [5.41, 5.74) is 1.73. The predicted octanol–water partition coefficient (Wildman–Crippen LogP) is 2.16. The third-order valence-corrected chi connectivity index (χ3v) is 3.75. The maximum Gasteiger partial charge on any atom is 0.258 e. The molecule has 2 N–H and O–H groups in total. The zero-order valence-corrected chi connectivity index (χ0v) is 13.3. The Bertz CT molecular complexity index is 714. The quantitative estimate of drug-likeness (QED) is 0.849. The van der Waals surface area contributed by atoms with Crippen molar-refractivity contribution in [3.63, 3.8) is 0 Å². The molecule has 0 spiro atoms. The molecule has 1 aliphatic rings. The van der Waals surface area contributed by atoms with Crippen molar-refractivity contribution in [2.75, 3.05) is 13.4 Å². The SMILES string of the molecule is C[C@@H](NC(=O)COc1ccc(CO)cc1)c1ccc2c(c1)OCO2. The number of ether oxygens (including phenoxy) is 3. The van der Waals surface area contributed by atoms with Crippen LogP contribution in [0.4, 0.5) is 0 Å². The van der Waals surface area contributed by atoms with E-state index in [9.17, 15) is 4.79 Å². The highest BCUT2D eigenvalue weighted by Gasteiger charge is 2.17. The molecule has 1 amide bonds. The van der Waals surface area contributed by atoms with Gasteiger partial charge in [-0.2, -0.15) is 0 Å². The number of amides is 1. The summed E-state index contributed by atoms with van der Waals surface area (Å²) in [7, 11) is 0. The van der Waals surface area contributed by atoms with Crippen molar-refractivity contribution in [2.45, 2.75) is 19.6 Å². The topological polar surface area (TPSA) is 77.0 Å². The first-order valence-electron chi connectivity index (χ1n) is 7.67. The summed E-state index contributed by atoms with van der Waals surface area (Å²) in [5.74, 6) is 1.77. The Hall–Kier alpha value is -2.73. The highest BCUT2D eigenvalue weighted by Crippen LogP contribution is 2.34. The molecular weight excluding hydrogens is 310 g/mol. The minimum Gasteiger partial charge on any atom is -0.484 e. The molecule has 0 bridgehead atoms. The monoisotopic (exact) mass is 329 g/mol. The van der Waals surface area contributed by atoms with E-state index in [1.807, 2.05) is 25.1 Å². The smallest absolute Gasteiger partial charge is 0.258 e. The van der Waals surface area contributed by atoms with E-state index in [-0.39, 0.29) is 32.0 Å². The Morgan fingerprint density at radius 2 is 1.96 bits per heavy atom. The lowest BCUT2D eigenvalue weighted by Gasteiger charge is -2.15. The normalized spacial score (nSPS) is 13.4. The van der Waals surface area contributed by atoms with E-state index in [0.29, 0.717) is 17.2 Å². The Morgan fingerprint density at radius 3 is 2.71 bits per heavy atom. The number of aliphatic hydroxyl groups is 1. The second-order valence-corrected chi connectivity index (χ2v) is 5.49. The highest BCUT2D eigenvalue weighted by atomic mass is 16.7. The molecule has 6 heteroatoms. The number of aliphatic hydroxyl groups excluding tert-OH is 1. The first-order valence-corrected chi connectivity index (χ1v) is 7.67.